The number of nitrogens with two attached hydrogens (primary N) is 1. The third-order valence-electron chi connectivity index (χ3n) is 2.42. The van der Waals surface area contributed by atoms with Gasteiger partial charge in [-0.25, -0.2) is 0 Å². The molecule has 0 bridgehead atoms. The first-order chi connectivity index (χ1) is 7.25. The monoisotopic (exact) mass is 207 g/mol. The first kappa shape index (κ1) is 12.1. The number of benzene rings is 1. The lowest BCUT2D eigenvalue weighted by molar-refractivity contribution is 0.302. The third-order valence-corrected chi connectivity index (χ3v) is 2.42. The molecule has 1 atom stereocenters. The second-order valence-electron chi connectivity index (χ2n) is 3.88. The summed E-state index contributed by atoms with van der Waals surface area (Å²) in [6.45, 7) is 4.96. The molecule has 0 aromatic heterocycles. The average Bonchev–Trinajstić information content (AvgIpc) is 2.25. The zero-order valence-electron chi connectivity index (χ0n) is 9.70. The molecule has 0 saturated heterocycles. The van der Waals surface area contributed by atoms with Crippen LogP contribution >= 0.6 is 0 Å². The van der Waals surface area contributed by atoms with E-state index in [1.54, 1.807) is 0 Å². The molecule has 2 N–H and O–H groups in total. The zero-order valence-corrected chi connectivity index (χ0v) is 9.70. The van der Waals surface area contributed by atoms with Gasteiger partial charge in [0, 0.05) is 11.6 Å². The smallest absolute Gasteiger partial charge is 0.124 e. The van der Waals surface area contributed by atoms with E-state index in [9.17, 15) is 0 Å². The van der Waals surface area contributed by atoms with Gasteiger partial charge in [0.1, 0.15) is 5.75 Å². The number of para-hydroxylation sites is 1. The van der Waals surface area contributed by atoms with Crippen molar-refractivity contribution < 1.29 is 4.74 Å². The van der Waals surface area contributed by atoms with E-state index in [0.717, 1.165) is 24.3 Å². The molecule has 0 aliphatic heterocycles. The molecular formula is C13H21NO. The molecule has 0 fully saturated rings. The Morgan fingerprint density at radius 3 is 2.67 bits per heavy atom. The molecule has 0 spiro atoms. The molecule has 0 aliphatic rings. The van der Waals surface area contributed by atoms with E-state index in [1.807, 2.05) is 31.2 Å². The van der Waals surface area contributed by atoms with E-state index >= 15 is 0 Å². The van der Waals surface area contributed by atoms with Crippen molar-refractivity contribution in [3.63, 3.8) is 0 Å². The van der Waals surface area contributed by atoms with Crippen LogP contribution in [0.2, 0.25) is 0 Å². The lowest BCUT2D eigenvalue weighted by atomic mass is 10.1. The van der Waals surface area contributed by atoms with Crippen LogP contribution in [0.3, 0.4) is 0 Å². The fraction of sp³-hybridized carbons (Fsp3) is 0.538. The third kappa shape index (κ3) is 3.92. The number of unbranched alkanes of at least 4 members (excludes halogenated alkanes) is 2. The van der Waals surface area contributed by atoms with Crippen LogP contribution in [0.5, 0.6) is 5.75 Å². The SMILES string of the molecule is CCCCCOc1ccccc1C(C)N. The predicted octanol–water partition coefficient (Wildman–Crippen LogP) is 3.28. The van der Waals surface area contributed by atoms with E-state index in [4.69, 9.17) is 10.5 Å². The Balaban J connectivity index is 2.52. The van der Waals surface area contributed by atoms with Gasteiger partial charge in [-0.15, -0.1) is 0 Å². The maximum absolute atomic E-state index is 5.86. The van der Waals surface area contributed by atoms with E-state index in [-0.39, 0.29) is 6.04 Å². The van der Waals surface area contributed by atoms with Crippen molar-refractivity contribution in [1.29, 1.82) is 0 Å². The van der Waals surface area contributed by atoms with Crippen LogP contribution in [0.25, 0.3) is 0 Å². The number of ether oxygens (including phenoxy) is 1. The summed E-state index contributed by atoms with van der Waals surface area (Å²) in [6.07, 6.45) is 3.56. The van der Waals surface area contributed by atoms with Gasteiger partial charge in [0.2, 0.25) is 0 Å². The van der Waals surface area contributed by atoms with Gasteiger partial charge in [-0.05, 0) is 19.4 Å². The van der Waals surface area contributed by atoms with Crippen LogP contribution in [-0.2, 0) is 0 Å². The highest BCUT2D eigenvalue weighted by molar-refractivity contribution is 5.35. The zero-order chi connectivity index (χ0) is 11.1. The van der Waals surface area contributed by atoms with Gasteiger partial charge in [-0.1, -0.05) is 38.0 Å². The Labute approximate surface area is 92.4 Å². The van der Waals surface area contributed by atoms with Gasteiger partial charge in [0.15, 0.2) is 0 Å². The van der Waals surface area contributed by atoms with Crippen molar-refractivity contribution in [2.24, 2.45) is 5.73 Å². The number of rotatable bonds is 6. The minimum absolute atomic E-state index is 0.0346. The molecule has 2 heteroatoms. The minimum atomic E-state index is 0.0346. The molecule has 0 aliphatic carbocycles. The lowest BCUT2D eigenvalue weighted by Gasteiger charge is -2.13. The molecule has 0 heterocycles. The first-order valence-electron chi connectivity index (χ1n) is 5.73. The van der Waals surface area contributed by atoms with Crippen molar-refractivity contribution in [2.45, 2.75) is 39.2 Å². The largest absolute Gasteiger partial charge is 0.493 e. The summed E-state index contributed by atoms with van der Waals surface area (Å²) in [5.41, 5.74) is 6.96. The van der Waals surface area contributed by atoms with Crippen molar-refractivity contribution in [3.05, 3.63) is 29.8 Å². The van der Waals surface area contributed by atoms with Gasteiger partial charge in [0.05, 0.1) is 6.61 Å². The summed E-state index contributed by atoms with van der Waals surface area (Å²) in [7, 11) is 0. The normalized spacial score (nSPS) is 12.5. The summed E-state index contributed by atoms with van der Waals surface area (Å²) in [5, 5.41) is 0. The van der Waals surface area contributed by atoms with Crippen LogP contribution < -0.4 is 10.5 Å². The molecule has 15 heavy (non-hydrogen) atoms. The molecule has 1 aromatic carbocycles. The number of hydrogen-bond acceptors (Lipinski definition) is 2. The summed E-state index contributed by atoms with van der Waals surface area (Å²) >= 11 is 0. The Morgan fingerprint density at radius 1 is 1.27 bits per heavy atom. The molecule has 2 nitrogen and oxygen atoms in total. The Hall–Kier alpha value is -1.02. The first-order valence-corrected chi connectivity index (χ1v) is 5.73. The minimum Gasteiger partial charge on any atom is -0.493 e. The summed E-state index contributed by atoms with van der Waals surface area (Å²) in [4.78, 5) is 0. The molecule has 84 valence electrons. The Morgan fingerprint density at radius 2 is 2.00 bits per heavy atom. The Bertz CT molecular complexity index is 284. The lowest BCUT2D eigenvalue weighted by Crippen LogP contribution is -2.08. The fourth-order valence-electron chi connectivity index (χ4n) is 1.52. The van der Waals surface area contributed by atoms with E-state index < -0.39 is 0 Å². The van der Waals surface area contributed by atoms with Gasteiger partial charge >= 0.3 is 0 Å². The van der Waals surface area contributed by atoms with Crippen LogP contribution in [0.4, 0.5) is 0 Å². The molecule has 0 amide bonds. The molecular weight excluding hydrogens is 186 g/mol. The standard InChI is InChI=1S/C13H21NO/c1-3-4-7-10-15-13-9-6-5-8-12(13)11(2)14/h5-6,8-9,11H,3-4,7,10,14H2,1-2H3. The second kappa shape index (κ2) is 6.46. The highest BCUT2D eigenvalue weighted by atomic mass is 16.5. The van der Waals surface area contributed by atoms with Crippen molar-refractivity contribution in [3.8, 4) is 5.75 Å². The highest BCUT2D eigenvalue weighted by Gasteiger charge is 2.06. The summed E-state index contributed by atoms with van der Waals surface area (Å²) in [6, 6.07) is 8.04. The van der Waals surface area contributed by atoms with Crippen LogP contribution in [0.1, 0.15) is 44.7 Å². The molecule has 1 aromatic rings. The number of hydrogen-bond donors (Lipinski definition) is 1. The average molecular weight is 207 g/mol. The summed E-state index contributed by atoms with van der Waals surface area (Å²) < 4.78 is 5.72. The van der Waals surface area contributed by atoms with Gasteiger partial charge in [-0.2, -0.15) is 0 Å². The van der Waals surface area contributed by atoms with Gasteiger partial charge in [-0.3, -0.25) is 0 Å². The summed E-state index contributed by atoms with van der Waals surface area (Å²) in [5.74, 6) is 0.934. The molecule has 0 radical (unpaired) electrons. The quantitative estimate of drug-likeness (QED) is 0.726. The van der Waals surface area contributed by atoms with Crippen LogP contribution in [0, 0.1) is 0 Å². The maximum Gasteiger partial charge on any atom is 0.124 e. The maximum atomic E-state index is 5.86. The van der Waals surface area contributed by atoms with E-state index in [2.05, 4.69) is 6.92 Å². The second-order valence-corrected chi connectivity index (χ2v) is 3.88. The molecule has 1 rings (SSSR count). The van der Waals surface area contributed by atoms with Crippen LogP contribution in [-0.4, -0.2) is 6.61 Å². The molecule has 0 saturated carbocycles. The van der Waals surface area contributed by atoms with Gasteiger partial charge < -0.3 is 10.5 Å². The van der Waals surface area contributed by atoms with E-state index in [1.165, 1.54) is 12.8 Å². The highest BCUT2D eigenvalue weighted by Crippen LogP contribution is 2.23. The topological polar surface area (TPSA) is 35.2 Å². The van der Waals surface area contributed by atoms with Crippen molar-refractivity contribution in [2.75, 3.05) is 6.61 Å². The van der Waals surface area contributed by atoms with Crippen LogP contribution in [0.15, 0.2) is 24.3 Å². The predicted molar refractivity (Wildman–Crippen MR) is 64.1 cm³/mol. The van der Waals surface area contributed by atoms with Crippen molar-refractivity contribution >= 4 is 0 Å². The fourth-order valence-corrected chi connectivity index (χ4v) is 1.52. The Kier molecular flexibility index (Phi) is 5.19. The van der Waals surface area contributed by atoms with Gasteiger partial charge in [0.25, 0.3) is 0 Å². The van der Waals surface area contributed by atoms with E-state index in [0.29, 0.717) is 0 Å². The van der Waals surface area contributed by atoms with Crippen molar-refractivity contribution in [1.82, 2.24) is 0 Å². The molecule has 1 unspecified atom stereocenters.